The molecule has 0 spiro atoms. The largest absolute Gasteiger partial charge is 0.381 e. The average molecular weight is 181 g/mol. The van der Waals surface area contributed by atoms with Crippen LogP contribution < -0.4 is 5.32 Å². The summed E-state index contributed by atoms with van der Waals surface area (Å²) in [4.78, 5) is 0. The van der Waals surface area contributed by atoms with E-state index in [9.17, 15) is 0 Å². The molecule has 0 bridgehead atoms. The molecule has 2 nitrogen and oxygen atoms in total. The lowest BCUT2D eigenvalue weighted by Crippen LogP contribution is -2.60. The number of nitrogens with one attached hydrogen (secondary N) is 1. The van der Waals surface area contributed by atoms with Crippen molar-refractivity contribution < 1.29 is 4.74 Å². The zero-order chi connectivity index (χ0) is 9.90. The van der Waals surface area contributed by atoms with Crippen molar-refractivity contribution in [2.75, 3.05) is 13.7 Å². The first-order valence-electron chi connectivity index (χ1n) is 4.78. The van der Waals surface area contributed by atoms with E-state index in [1.54, 1.807) is 7.11 Å². The van der Waals surface area contributed by atoms with Crippen LogP contribution in [0.2, 0.25) is 0 Å². The lowest BCUT2D eigenvalue weighted by Gasteiger charge is -2.51. The van der Waals surface area contributed by atoms with Crippen LogP contribution in [0.25, 0.3) is 0 Å². The van der Waals surface area contributed by atoms with E-state index in [0.29, 0.717) is 12.1 Å². The standard InChI is InChI=1S/C11H19NO/c1-5-6-7-12-9-8-10(13-4)11(9,2)3/h9-10,12H,7-8H2,1-4H3. The number of ether oxygens (including phenoxy) is 1. The van der Waals surface area contributed by atoms with Gasteiger partial charge in [-0.15, -0.1) is 5.92 Å². The van der Waals surface area contributed by atoms with Crippen LogP contribution in [0.4, 0.5) is 0 Å². The van der Waals surface area contributed by atoms with Crippen molar-refractivity contribution >= 4 is 0 Å². The van der Waals surface area contributed by atoms with Crippen LogP contribution in [-0.4, -0.2) is 25.8 Å². The van der Waals surface area contributed by atoms with E-state index in [4.69, 9.17) is 4.74 Å². The normalized spacial score (nSPS) is 30.2. The fraction of sp³-hybridized carbons (Fsp3) is 0.818. The minimum absolute atomic E-state index is 0.254. The van der Waals surface area contributed by atoms with Crippen molar-refractivity contribution in [1.82, 2.24) is 5.32 Å². The summed E-state index contributed by atoms with van der Waals surface area (Å²) in [7, 11) is 1.79. The average Bonchev–Trinajstić information content (AvgIpc) is 2.10. The van der Waals surface area contributed by atoms with Gasteiger partial charge in [-0.1, -0.05) is 19.8 Å². The highest BCUT2D eigenvalue weighted by atomic mass is 16.5. The first kappa shape index (κ1) is 10.6. The van der Waals surface area contributed by atoms with Crippen LogP contribution in [0, 0.1) is 17.3 Å². The lowest BCUT2D eigenvalue weighted by molar-refractivity contribution is -0.0962. The van der Waals surface area contributed by atoms with Crippen LogP contribution in [0.1, 0.15) is 27.2 Å². The van der Waals surface area contributed by atoms with Gasteiger partial charge in [0.15, 0.2) is 0 Å². The van der Waals surface area contributed by atoms with Crippen molar-refractivity contribution in [1.29, 1.82) is 0 Å². The van der Waals surface area contributed by atoms with Crippen LogP contribution in [0.3, 0.4) is 0 Å². The Morgan fingerprint density at radius 3 is 2.69 bits per heavy atom. The number of hydrogen-bond donors (Lipinski definition) is 1. The molecule has 0 saturated heterocycles. The molecule has 0 aromatic rings. The Labute approximate surface area is 81.0 Å². The Bertz CT molecular complexity index is 224. The predicted octanol–water partition coefficient (Wildman–Crippen LogP) is 1.41. The Morgan fingerprint density at radius 1 is 1.54 bits per heavy atom. The van der Waals surface area contributed by atoms with Gasteiger partial charge in [-0.2, -0.15) is 0 Å². The Kier molecular flexibility index (Phi) is 3.35. The second-order valence-corrected chi connectivity index (χ2v) is 4.14. The quantitative estimate of drug-likeness (QED) is 0.665. The Hall–Kier alpha value is -0.520. The molecule has 0 amide bonds. The summed E-state index contributed by atoms with van der Waals surface area (Å²) < 4.78 is 5.36. The van der Waals surface area contributed by atoms with Crippen LogP contribution in [0.15, 0.2) is 0 Å². The SMILES string of the molecule is CC#CCNC1CC(OC)C1(C)C. The molecule has 2 heteroatoms. The fourth-order valence-corrected chi connectivity index (χ4v) is 1.89. The predicted molar refractivity (Wildman–Crippen MR) is 54.4 cm³/mol. The van der Waals surface area contributed by atoms with Gasteiger partial charge in [0.2, 0.25) is 0 Å². The molecule has 0 aliphatic heterocycles. The molecule has 1 saturated carbocycles. The van der Waals surface area contributed by atoms with Crippen molar-refractivity contribution in [2.24, 2.45) is 5.41 Å². The summed E-state index contributed by atoms with van der Waals surface area (Å²) in [5, 5.41) is 3.42. The monoisotopic (exact) mass is 181 g/mol. The Balaban J connectivity index is 2.34. The zero-order valence-electron chi connectivity index (χ0n) is 8.98. The fourth-order valence-electron chi connectivity index (χ4n) is 1.89. The number of rotatable bonds is 3. The van der Waals surface area contributed by atoms with E-state index in [1.807, 2.05) is 6.92 Å². The van der Waals surface area contributed by atoms with Gasteiger partial charge in [0.25, 0.3) is 0 Å². The lowest BCUT2D eigenvalue weighted by atomic mass is 9.64. The molecule has 0 radical (unpaired) electrons. The van der Waals surface area contributed by atoms with Crippen molar-refractivity contribution in [2.45, 2.75) is 39.3 Å². The zero-order valence-corrected chi connectivity index (χ0v) is 8.98. The van der Waals surface area contributed by atoms with E-state index < -0.39 is 0 Å². The highest BCUT2D eigenvalue weighted by molar-refractivity contribution is 5.05. The minimum atomic E-state index is 0.254. The maximum Gasteiger partial charge on any atom is 0.0652 e. The van der Waals surface area contributed by atoms with E-state index in [1.165, 1.54) is 0 Å². The summed E-state index contributed by atoms with van der Waals surface area (Å²) in [6.45, 7) is 7.13. The van der Waals surface area contributed by atoms with Gasteiger partial charge < -0.3 is 10.1 Å². The molecule has 2 unspecified atom stereocenters. The number of hydrogen-bond acceptors (Lipinski definition) is 2. The second kappa shape index (κ2) is 4.13. The van der Waals surface area contributed by atoms with Gasteiger partial charge in [0.05, 0.1) is 12.6 Å². The maximum absolute atomic E-state index is 5.36. The summed E-state index contributed by atoms with van der Waals surface area (Å²) in [5.41, 5.74) is 0.254. The molecule has 74 valence electrons. The topological polar surface area (TPSA) is 21.3 Å². The maximum atomic E-state index is 5.36. The summed E-state index contributed by atoms with van der Waals surface area (Å²) in [6, 6.07) is 0.554. The third-order valence-electron chi connectivity index (χ3n) is 3.08. The molecule has 1 N–H and O–H groups in total. The van der Waals surface area contributed by atoms with Crippen molar-refractivity contribution in [3.05, 3.63) is 0 Å². The van der Waals surface area contributed by atoms with Crippen LogP contribution in [0.5, 0.6) is 0 Å². The van der Waals surface area contributed by atoms with Gasteiger partial charge >= 0.3 is 0 Å². The highest BCUT2D eigenvalue weighted by Gasteiger charge is 2.47. The van der Waals surface area contributed by atoms with Crippen LogP contribution in [-0.2, 0) is 4.74 Å². The van der Waals surface area contributed by atoms with E-state index in [2.05, 4.69) is 31.0 Å². The van der Waals surface area contributed by atoms with Gasteiger partial charge in [0, 0.05) is 18.6 Å². The number of methoxy groups -OCH3 is 1. The van der Waals surface area contributed by atoms with Gasteiger partial charge in [-0.3, -0.25) is 0 Å². The third-order valence-corrected chi connectivity index (χ3v) is 3.08. The minimum Gasteiger partial charge on any atom is -0.381 e. The molecule has 1 fully saturated rings. The van der Waals surface area contributed by atoms with E-state index in [0.717, 1.165) is 13.0 Å². The molecular formula is C11H19NO. The molecule has 2 atom stereocenters. The van der Waals surface area contributed by atoms with Crippen molar-refractivity contribution in [3.63, 3.8) is 0 Å². The first-order chi connectivity index (χ1) is 6.12. The second-order valence-electron chi connectivity index (χ2n) is 4.14. The first-order valence-corrected chi connectivity index (χ1v) is 4.78. The molecule has 1 rings (SSSR count). The molecule has 0 aromatic carbocycles. The molecule has 0 aromatic heterocycles. The van der Waals surface area contributed by atoms with Crippen molar-refractivity contribution in [3.8, 4) is 11.8 Å². The highest BCUT2D eigenvalue weighted by Crippen LogP contribution is 2.42. The van der Waals surface area contributed by atoms with Crippen LogP contribution >= 0.6 is 0 Å². The third kappa shape index (κ3) is 2.04. The molecule has 1 aliphatic rings. The van der Waals surface area contributed by atoms with Gasteiger partial charge in [-0.05, 0) is 13.3 Å². The van der Waals surface area contributed by atoms with Gasteiger partial charge in [-0.25, -0.2) is 0 Å². The van der Waals surface area contributed by atoms with Gasteiger partial charge in [0.1, 0.15) is 0 Å². The summed E-state index contributed by atoms with van der Waals surface area (Å²) >= 11 is 0. The molecule has 1 aliphatic carbocycles. The summed E-state index contributed by atoms with van der Waals surface area (Å²) in [6.07, 6.45) is 1.51. The van der Waals surface area contributed by atoms with E-state index >= 15 is 0 Å². The Morgan fingerprint density at radius 2 is 2.23 bits per heavy atom. The molecule has 13 heavy (non-hydrogen) atoms. The molecular weight excluding hydrogens is 162 g/mol. The molecule has 0 heterocycles. The van der Waals surface area contributed by atoms with E-state index in [-0.39, 0.29) is 5.41 Å². The summed E-state index contributed by atoms with van der Waals surface area (Å²) in [5.74, 6) is 5.90. The smallest absolute Gasteiger partial charge is 0.0652 e.